The fraction of sp³-hybridized carbons (Fsp3) is 0.333. The highest BCUT2D eigenvalue weighted by Crippen LogP contribution is 2.26. The van der Waals surface area contributed by atoms with E-state index in [0.29, 0.717) is 37.1 Å². The lowest BCUT2D eigenvalue weighted by molar-refractivity contribution is 0.0607. The Morgan fingerprint density at radius 3 is 2.31 bits per heavy atom. The Morgan fingerprint density at radius 1 is 0.969 bits per heavy atom. The largest absolute Gasteiger partial charge is 0.349 e. The number of hydrogen-bond acceptors (Lipinski definition) is 4. The molecule has 1 fully saturated rings. The van der Waals surface area contributed by atoms with Gasteiger partial charge in [-0.2, -0.15) is 0 Å². The molecule has 166 valence electrons. The number of nitrogens with zero attached hydrogens (tertiary/aromatic N) is 2. The van der Waals surface area contributed by atoms with Crippen molar-refractivity contribution in [2.75, 3.05) is 13.1 Å². The van der Waals surface area contributed by atoms with E-state index in [1.54, 1.807) is 30.9 Å². The van der Waals surface area contributed by atoms with Gasteiger partial charge in [-0.25, -0.2) is 4.39 Å². The fourth-order valence-electron chi connectivity index (χ4n) is 4.17. The summed E-state index contributed by atoms with van der Waals surface area (Å²) in [6, 6.07) is 9.75. The number of likely N-dealkylation sites (tertiary alicyclic amines) is 1. The molecule has 2 aliphatic heterocycles. The Bertz CT molecular complexity index is 1110. The molecule has 1 saturated heterocycles. The zero-order valence-corrected chi connectivity index (χ0v) is 17.9. The summed E-state index contributed by atoms with van der Waals surface area (Å²) in [6.45, 7) is 4.42. The third-order valence-corrected chi connectivity index (χ3v) is 5.89. The molecule has 0 aliphatic carbocycles. The number of imide groups is 1. The van der Waals surface area contributed by atoms with Crippen molar-refractivity contribution in [3.05, 3.63) is 70.5 Å². The van der Waals surface area contributed by atoms with Crippen molar-refractivity contribution in [3.63, 3.8) is 0 Å². The Morgan fingerprint density at radius 2 is 1.66 bits per heavy atom. The average molecular weight is 437 g/mol. The predicted octanol–water partition coefficient (Wildman–Crippen LogP) is 2.86. The molecule has 1 N–H and O–H groups in total. The van der Waals surface area contributed by atoms with Crippen LogP contribution < -0.4 is 5.32 Å². The average Bonchev–Trinajstić information content (AvgIpc) is 3.03. The number of nitrogens with one attached hydrogen (secondary N) is 1. The van der Waals surface area contributed by atoms with E-state index in [0.717, 1.165) is 0 Å². The first-order valence-electron chi connectivity index (χ1n) is 10.6. The topological polar surface area (TPSA) is 86.8 Å². The van der Waals surface area contributed by atoms with Crippen molar-refractivity contribution in [2.45, 2.75) is 38.8 Å². The van der Waals surface area contributed by atoms with E-state index in [1.165, 1.54) is 35.2 Å². The van der Waals surface area contributed by atoms with Gasteiger partial charge in [-0.3, -0.25) is 24.1 Å². The Hall–Kier alpha value is -3.55. The summed E-state index contributed by atoms with van der Waals surface area (Å²) >= 11 is 0. The molecule has 4 rings (SSSR count). The van der Waals surface area contributed by atoms with Crippen molar-refractivity contribution in [3.8, 4) is 0 Å². The number of fused-ring (bicyclic) bond motifs is 1. The SMILES string of the molecule is CC(C)N1C(=O)c2ccc(C(=O)N3CCC(NC(=O)c4cccc(F)c4)CC3)cc2C1=O. The summed E-state index contributed by atoms with van der Waals surface area (Å²) in [7, 11) is 0. The number of halogens is 1. The third-order valence-electron chi connectivity index (χ3n) is 5.89. The molecule has 0 bridgehead atoms. The van der Waals surface area contributed by atoms with Crippen molar-refractivity contribution < 1.29 is 23.6 Å². The molecule has 0 radical (unpaired) electrons. The van der Waals surface area contributed by atoms with Gasteiger partial charge in [0, 0.05) is 36.3 Å². The van der Waals surface area contributed by atoms with Crippen LogP contribution in [0.2, 0.25) is 0 Å². The first-order valence-corrected chi connectivity index (χ1v) is 10.6. The number of hydrogen-bond donors (Lipinski definition) is 1. The molecule has 2 aromatic carbocycles. The number of amides is 4. The molecule has 0 spiro atoms. The molecular weight excluding hydrogens is 413 g/mol. The highest BCUT2D eigenvalue weighted by Gasteiger charge is 2.38. The lowest BCUT2D eigenvalue weighted by Crippen LogP contribution is -2.46. The molecule has 2 aliphatic rings. The smallest absolute Gasteiger partial charge is 0.261 e. The summed E-state index contributed by atoms with van der Waals surface area (Å²) in [5.74, 6) is -1.75. The van der Waals surface area contributed by atoms with Crippen LogP contribution in [0.25, 0.3) is 0 Å². The molecular formula is C24H24FN3O4. The summed E-state index contributed by atoms with van der Waals surface area (Å²) < 4.78 is 13.3. The van der Waals surface area contributed by atoms with Crippen LogP contribution in [0.5, 0.6) is 0 Å². The maximum atomic E-state index is 13.3. The predicted molar refractivity (Wildman–Crippen MR) is 115 cm³/mol. The normalized spacial score (nSPS) is 16.5. The molecule has 8 heteroatoms. The molecule has 0 aromatic heterocycles. The number of rotatable bonds is 4. The van der Waals surface area contributed by atoms with Crippen LogP contribution in [-0.4, -0.2) is 58.6 Å². The van der Waals surface area contributed by atoms with Gasteiger partial charge in [0.2, 0.25) is 0 Å². The van der Waals surface area contributed by atoms with Gasteiger partial charge >= 0.3 is 0 Å². The molecule has 32 heavy (non-hydrogen) atoms. The Kier molecular flexibility index (Phi) is 5.78. The minimum Gasteiger partial charge on any atom is -0.349 e. The molecule has 2 aromatic rings. The van der Waals surface area contributed by atoms with E-state index in [-0.39, 0.29) is 46.8 Å². The standard InChI is InChI=1S/C24H24FN3O4/c1-14(2)28-23(31)19-7-6-16(13-20(19)24(28)32)22(30)27-10-8-18(9-11-27)26-21(29)15-4-3-5-17(25)12-15/h3-7,12-14,18H,8-11H2,1-2H3,(H,26,29). The number of piperidine rings is 1. The van der Waals surface area contributed by atoms with E-state index in [1.807, 2.05) is 0 Å². The first kappa shape index (κ1) is 21.7. The zero-order chi connectivity index (χ0) is 23.0. The highest BCUT2D eigenvalue weighted by molar-refractivity contribution is 6.22. The maximum absolute atomic E-state index is 13.3. The van der Waals surface area contributed by atoms with Crippen LogP contribution in [0.1, 0.15) is 68.1 Å². The molecule has 7 nitrogen and oxygen atoms in total. The number of benzene rings is 2. The van der Waals surface area contributed by atoms with Gasteiger partial charge in [-0.05, 0) is 63.1 Å². The van der Waals surface area contributed by atoms with E-state index >= 15 is 0 Å². The summed E-state index contributed by atoms with van der Waals surface area (Å²) in [5.41, 5.74) is 1.19. The highest BCUT2D eigenvalue weighted by atomic mass is 19.1. The van der Waals surface area contributed by atoms with E-state index < -0.39 is 5.82 Å². The second kappa shape index (κ2) is 8.53. The first-order chi connectivity index (χ1) is 15.3. The van der Waals surface area contributed by atoms with Crippen molar-refractivity contribution in [2.24, 2.45) is 0 Å². The van der Waals surface area contributed by atoms with Gasteiger partial charge in [-0.1, -0.05) is 6.07 Å². The zero-order valence-electron chi connectivity index (χ0n) is 17.9. The monoisotopic (exact) mass is 437 g/mol. The van der Waals surface area contributed by atoms with E-state index in [2.05, 4.69) is 5.32 Å². The van der Waals surface area contributed by atoms with Crippen LogP contribution in [0.3, 0.4) is 0 Å². The van der Waals surface area contributed by atoms with Crippen LogP contribution in [-0.2, 0) is 0 Å². The van der Waals surface area contributed by atoms with Gasteiger partial charge in [0.25, 0.3) is 23.6 Å². The molecule has 0 atom stereocenters. The van der Waals surface area contributed by atoms with E-state index in [4.69, 9.17) is 0 Å². The van der Waals surface area contributed by atoms with Gasteiger partial charge in [0.1, 0.15) is 5.82 Å². The molecule has 2 heterocycles. The summed E-state index contributed by atoms with van der Waals surface area (Å²) in [5, 5.41) is 2.89. The number of carbonyl (C=O) groups excluding carboxylic acids is 4. The maximum Gasteiger partial charge on any atom is 0.261 e. The lowest BCUT2D eigenvalue weighted by Gasteiger charge is -2.32. The van der Waals surface area contributed by atoms with Crippen molar-refractivity contribution in [1.29, 1.82) is 0 Å². The Labute approximate surface area is 185 Å². The third kappa shape index (κ3) is 4.00. The minimum atomic E-state index is -0.468. The van der Waals surface area contributed by atoms with Gasteiger partial charge in [0.05, 0.1) is 11.1 Å². The summed E-state index contributed by atoms with van der Waals surface area (Å²) in [4.78, 5) is 53.2. The minimum absolute atomic E-state index is 0.117. The van der Waals surface area contributed by atoms with Gasteiger partial charge < -0.3 is 10.2 Å². The van der Waals surface area contributed by atoms with Gasteiger partial charge in [0.15, 0.2) is 0 Å². The van der Waals surface area contributed by atoms with Crippen molar-refractivity contribution >= 4 is 23.6 Å². The number of carbonyl (C=O) groups is 4. The van der Waals surface area contributed by atoms with Crippen LogP contribution in [0.15, 0.2) is 42.5 Å². The van der Waals surface area contributed by atoms with Crippen LogP contribution in [0, 0.1) is 5.82 Å². The second-order valence-corrected chi connectivity index (χ2v) is 8.38. The quantitative estimate of drug-likeness (QED) is 0.746. The Balaban J connectivity index is 1.39. The van der Waals surface area contributed by atoms with Crippen molar-refractivity contribution in [1.82, 2.24) is 15.1 Å². The fourth-order valence-corrected chi connectivity index (χ4v) is 4.17. The molecule has 0 saturated carbocycles. The van der Waals surface area contributed by atoms with Gasteiger partial charge in [-0.15, -0.1) is 0 Å². The van der Waals surface area contributed by atoms with Crippen LogP contribution in [0.4, 0.5) is 4.39 Å². The molecule has 0 unspecified atom stereocenters. The second-order valence-electron chi connectivity index (χ2n) is 8.38. The van der Waals surface area contributed by atoms with Crippen LogP contribution >= 0.6 is 0 Å². The molecule has 4 amide bonds. The lowest BCUT2D eigenvalue weighted by atomic mass is 10.0. The van der Waals surface area contributed by atoms with E-state index in [9.17, 15) is 23.6 Å². The summed E-state index contributed by atoms with van der Waals surface area (Å²) in [6.07, 6.45) is 1.13.